The molecule has 0 amide bonds. The van der Waals surface area contributed by atoms with E-state index in [1.165, 1.54) is 4.57 Å². The Balaban J connectivity index is 2.78. The van der Waals surface area contributed by atoms with Gasteiger partial charge in [-0.3, -0.25) is 9.59 Å². The monoisotopic (exact) mass is 321 g/mol. The van der Waals surface area contributed by atoms with E-state index in [0.29, 0.717) is 16.3 Å². The number of hydrogen-bond donors (Lipinski definition) is 2. The average molecular weight is 322 g/mol. The van der Waals surface area contributed by atoms with E-state index in [1.807, 2.05) is 0 Å². The minimum atomic E-state index is -1.40. The van der Waals surface area contributed by atoms with Gasteiger partial charge >= 0.3 is 11.9 Å². The number of benzene rings is 1. The number of carboxylic acids is 2. The third-order valence-corrected chi connectivity index (χ3v) is 3.47. The number of nitrogens with zero attached hydrogens (tertiary/aromatic N) is 1. The van der Waals surface area contributed by atoms with Crippen molar-refractivity contribution < 1.29 is 19.8 Å². The van der Waals surface area contributed by atoms with Crippen LogP contribution >= 0.6 is 11.6 Å². The second-order valence-corrected chi connectivity index (χ2v) is 5.10. The molecule has 1 aromatic heterocycles. The molecule has 0 radical (unpaired) electrons. The lowest BCUT2D eigenvalue weighted by atomic mass is 10.0. The lowest BCUT2D eigenvalue weighted by Gasteiger charge is -2.14. The van der Waals surface area contributed by atoms with Crippen LogP contribution in [0.3, 0.4) is 0 Å². The van der Waals surface area contributed by atoms with Gasteiger partial charge in [0.25, 0.3) is 0 Å². The van der Waals surface area contributed by atoms with Crippen LogP contribution in [0.2, 0.25) is 5.02 Å². The fourth-order valence-corrected chi connectivity index (χ4v) is 2.30. The zero-order valence-electron chi connectivity index (χ0n) is 11.5. The minimum Gasteiger partial charge on any atom is -0.480 e. The summed E-state index contributed by atoms with van der Waals surface area (Å²) < 4.78 is 1.23. The highest BCUT2D eigenvalue weighted by Gasteiger charge is 2.19. The topological polar surface area (TPSA) is 96.6 Å². The maximum Gasteiger partial charge on any atom is 0.341 e. The van der Waals surface area contributed by atoms with Gasteiger partial charge in [-0.2, -0.15) is 0 Å². The predicted octanol–water partition coefficient (Wildman–Crippen LogP) is 2.26. The molecule has 0 spiro atoms. The van der Waals surface area contributed by atoms with Crippen molar-refractivity contribution in [3.63, 3.8) is 0 Å². The first kappa shape index (κ1) is 15.8. The van der Waals surface area contributed by atoms with Gasteiger partial charge in [0, 0.05) is 22.5 Å². The zero-order valence-corrected chi connectivity index (χ0v) is 12.3. The Morgan fingerprint density at radius 2 is 1.77 bits per heavy atom. The summed E-state index contributed by atoms with van der Waals surface area (Å²) >= 11 is 5.81. The van der Waals surface area contributed by atoms with E-state index in [2.05, 4.69) is 0 Å². The molecular weight excluding hydrogens is 310 g/mol. The molecule has 0 unspecified atom stereocenters. The number of rotatable bonds is 4. The molecule has 2 rings (SSSR count). The van der Waals surface area contributed by atoms with E-state index in [1.54, 1.807) is 31.2 Å². The van der Waals surface area contributed by atoms with E-state index in [9.17, 15) is 14.4 Å². The quantitative estimate of drug-likeness (QED) is 0.900. The van der Waals surface area contributed by atoms with E-state index in [4.69, 9.17) is 21.8 Å². The number of pyridine rings is 1. The molecule has 0 saturated carbocycles. The van der Waals surface area contributed by atoms with Crippen LogP contribution in [0.5, 0.6) is 0 Å². The molecular formula is C15H12ClNO5. The van der Waals surface area contributed by atoms with Crippen LogP contribution in [0.25, 0.3) is 11.1 Å². The average Bonchev–Trinajstić information content (AvgIpc) is 2.43. The Morgan fingerprint density at radius 1 is 1.18 bits per heavy atom. The fourth-order valence-electron chi connectivity index (χ4n) is 2.17. The Hall–Kier alpha value is -2.60. The third kappa shape index (κ3) is 3.01. The highest BCUT2D eigenvalue weighted by molar-refractivity contribution is 6.30. The molecule has 0 fully saturated rings. The molecule has 0 aliphatic rings. The van der Waals surface area contributed by atoms with E-state index in [-0.39, 0.29) is 5.56 Å². The molecule has 0 atom stereocenters. The summed E-state index contributed by atoms with van der Waals surface area (Å²) in [4.78, 5) is 34.5. The minimum absolute atomic E-state index is 0.151. The molecule has 6 nitrogen and oxygen atoms in total. The largest absolute Gasteiger partial charge is 0.480 e. The van der Waals surface area contributed by atoms with Gasteiger partial charge in [-0.15, -0.1) is 0 Å². The number of carboxylic acid groups (broad SMARTS) is 2. The maximum atomic E-state index is 12.4. The maximum absolute atomic E-state index is 12.4. The summed E-state index contributed by atoms with van der Waals surface area (Å²) in [6, 6.07) is 6.32. The molecule has 114 valence electrons. The molecule has 0 aliphatic heterocycles. The van der Waals surface area contributed by atoms with Crippen molar-refractivity contribution in [3.05, 3.63) is 57.0 Å². The number of hydrogen-bond acceptors (Lipinski definition) is 3. The fraction of sp³-hybridized carbons (Fsp3) is 0.133. The molecule has 1 heterocycles. The number of aromatic carboxylic acids is 1. The molecule has 2 aromatic rings. The van der Waals surface area contributed by atoms with Crippen LogP contribution in [0, 0.1) is 6.92 Å². The molecule has 22 heavy (non-hydrogen) atoms. The summed E-state index contributed by atoms with van der Waals surface area (Å²) in [5, 5.41) is 18.5. The zero-order chi connectivity index (χ0) is 16.4. The van der Waals surface area contributed by atoms with E-state index >= 15 is 0 Å². The van der Waals surface area contributed by atoms with Crippen LogP contribution in [0.4, 0.5) is 0 Å². The molecule has 2 N–H and O–H groups in total. The summed E-state index contributed by atoms with van der Waals surface area (Å²) in [7, 11) is 0. The Bertz CT molecular complexity index is 808. The SMILES string of the molecule is Cc1c(-c2ccc(Cl)cc2)c(=O)c(C(=O)O)cn1CC(=O)O. The van der Waals surface area contributed by atoms with Crippen molar-refractivity contribution in [2.45, 2.75) is 13.5 Å². The number of halogens is 1. The van der Waals surface area contributed by atoms with Crippen molar-refractivity contribution in [2.24, 2.45) is 0 Å². The highest BCUT2D eigenvalue weighted by atomic mass is 35.5. The van der Waals surface area contributed by atoms with Gasteiger partial charge in [-0.25, -0.2) is 4.79 Å². The van der Waals surface area contributed by atoms with Crippen LogP contribution in [0.1, 0.15) is 16.1 Å². The first-order valence-electron chi connectivity index (χ1n) is 6.26. The smallest absolute Gasteiger partial charge is 0.341 e. The number of aromatic nitrogens is 1. The van der Waals surface area contributed by atoms with Gasteiger partial charge < -0.3 is 14.8 Å². The first-order valence-corrected chi connectivity index (χ1v) is 6.64. The normalized spacial score (nSPS) is 10.5. The van der Waals surface area contributed by atoms with Crippen molar-refractivity contribution >= 4 is 23.5 Å². The number of aliphatic carboxylic acids is 1. The van der Waals surface area contributed by atoms with Gasteiger partial charge in [0.1, 0.15) is 12.1 Å². The molecule has 0 bridgehead atoms. The van der Waals surface area contributed by atoms with Gasteiger partial charge in [0.05, 0.1) is 0 Å². The van der Waals surface area contributed by atoms with Crippen molar-refractivity contribution in [1.82, 2.24) is 4.57 Å². The van der Waals surface area contributed by atoms with Gasteiger partial charge in [-0.1, -0.05) is 23.7 Å². The van der Waals surface area contributed by atoms with Crippen LogP contribution < -0.4 is 5.43 Å². The summed E-state index contributed by atoms with van der Waals surface area (Å²) in [5.41, 5.74) is -0.127. The molecule has 1 aromatic carbocycles. The molecule has 7 heteroatoms. The summed E-state index contributed by atoms with van der Waals surface area (Å²) in [6.07, 6.45) is 1.05. The Labute approximate surface area is 130 Å². The van der Waals surface area contributed by atoms with Crippen molar-refractivity contribution in [1.29, 1.82) is 0 Å². The van der Waals surface area contributed by atoms with Crippen molar-refractivity contribution in [2.75, 3.05) is 0 Å². The van der Waals surface area contributed by atoms with E-state index in [0.717, 1.165) is 6.20 Å². The molecule has 0 aliphatic carbocycles. The highest BCUT2D eigenvalue weighted by Crippen LogP contribution is 2.22. The third-order valence-electron chi connectivity index (χ3n) is 3.22. The lowest BCUT2D eigenvalue weighted by molar-refractivity contribution is -0.137. The molecule has 0 saturated heterocycles. The first-order chi connectivity index (χ1) is 10.3. The Morgan fingerprint density at radius 3 is 2.27 bits per heavy atom. The standard InChI is InChI=1S/C15H12ClNO5/c1-8-13(9-2-4-10(16)5-3-9)14(20)11(15(21)22)6-17(8)7-12(18)19/h2-6H,7H2,1H3,(H,18,19)(H,21,22). The summed E-state index contributed by atoms with van der Waals surface area (Å²) in [5.74, 6) is -2.54. The van der Waals surface area contributed by atoms with Gasteiger partial charge in [0.2, 0.25) is 5.43 Å². The van der Waals surface area contributed by atoms with E-state index < -0.39 is 29.5 Å². The van der Waals surface area contributed by atoms with Crippen LogP contribution in [0.15, 0.2) is 35.3 Å². The van der Waals surface area contributed by atoms with Gasteiger partial charge in [-0.05, 0) is 24.6 Å². The second kappa shape index (κ2) is 6.03. The summed E-state index contributed by atoms with van der Waals surface area (Å²) in [6.45, 7) is 1.13. The van der Waals surface area contributed by atoms with Gasteiger partial charge in [0.15, 0.2) is 0 Å². The van der Waals surface area contributed by atoms with Crippen LogP contribution in [-0.2, 0) is 11.3 Å². The number of carbonyl (C=O) groups is 2. The van der Waals surface area contributed by atoms with Crippen LogP contribution in [-0.4, -0.2) is 26.7 Å². The second-order valence-electron chi connectivity index (χ2n) is 4.67. The predicted molar refractivity (Wildman–Crippen MR) is 80.5 cm³/mol. The Kier molecular flexibility index (Phi) is 4.32. The lowest BCUT2D eigenvalue weighted by Crippen LogP contribution is -2.24. The van der Waals surface area contributed by atoms with Crippen molar-refractivity contribution in [3.8, 4) is 11.1 Å².